The SMILES string of the molecule is Cc1cc(=O)oc2cc(NC(=O)Cc3csc(-c4ccsc4)n3)ccc12. The Morgan fingerprint density at radius 3 is 2.92 bits per heavy atom. The van der Waals surface area contributed by atoms with Crippen LogP contribution in [-0.4, -0.2) is 10.9 Å². The minimum Gasteiger partial charge on any atom is -0.423 e. The Labute approximate surface area is 157 Å². The number of hydrogen-bond acceptors (Lipinski definition) is 6. The summed E-state index contributed by atoms with van der Waals surface area (Å²) in [5.41, 5.74) is 3.30. The van der Waals surface area contributed by atoms with Crippen LogP contribution in [0.4, 0.5) is 5.69 Å². The van der Waals surface area contributed by atoms with Crippen molar-refractivity contribution in [3.8, 4) is 10.6 Å². The number of fused-ring (bicyclic) bond motifs is 1. The first-order chi connectivity index (χ1) is 12.6. The van der Waals surface area contributed by atoms with Crippen molar-refractivity contribution in [1.82, 2.24) is 4.98 Å². The zero-order valence-corrected chi connectivity index (χ0v) is 15.4. The Morgan fingerprint density at radius 1 is 1.23 bits per heavy atom. The fourth-order valence-corrected chi connectivity index (χ4v) is 4.21. The van der Waals surface area contributed by atoms with Crippen molar-refractivity contribution in [2.24, 2.45) is 0 Å². The van der Waals surface area contributed by atoms with Gasteiger partial charge >= 0.3 is 5.63 Å². The van der Waals surface area contributed by atoms with E-state index < -0.39 is 5.63 Å². The van der Waals surface area contributed by atoms with E-state index in [0.29, 0.717) is 11.3 Å². The van der Waals surface area contributed by atoms with Crippen molar-refractivity contribution in [2.45, 2.75) is 13.3 Å². The zero-order valence-electron chi connectivity index (χ0n) is 13.8. The first-order valence-corrected chi connectivity index (χ1v) is 9.72. The molecular formula is C19H14N2O3S2. The number of hydrogen-bond donors (Lipinski definition) is 1. The first kappa shape index (κ1) is 16.7. The summed E-state index contributed by atoms with van der Waals surface area (Å²) in [6, 6.07) is 8.76. The maximum atomic E-state index is 12.3. The third kappa shape index (κ3) is 3.44. The highest BCUT2D eigenvalue weighted by Gasteiger charge is 2.11. The Kier molecular flexibility index (Phi) is 4.40. The number of aryl methyl sites for hydroxylation is 1. The normalized spacial score (nSPS) is 11.0. The van der Waals surface area contributed by atoms with Crippen molar-refractivity contribution in [3.63, 3.8) is 0 Å². The maximum Gasteiger partial charge on any atom is 0.336 e. The number of anilines is 1. The molecule has 0 aliphatic carbocycles. The third-order valence-corrected chi connectivity index (χ3v) is 5.52. The van der Waals surface area contributed by atoms with E-state index in [0.717, 1.165) is 27.2 Å². The van der Waals surface area contributed by atoms with Crippen LogP contribution in [0.5, 0.6) is 0 Å². The second-order valence-electron chi connectivity index (χ2n) is 5.84. The lowest BCUT2D eigenvalue weighted by Crippen LogP contribution is -2.14. The molecule has 0 spiro atoms. The number of carbonyl (C=O) groups is 1. The van der Waals surface area contributed by atoms with E-state index in [4.69, 9.17) is 4.42 Å². The molecule has 3 heterocycles. The standard InChI is InChI=1S/C19H14N2O3S2/c1-11-6-18(23)24-16-7-13(2-3-15(11)16)20-17(22)8-14-10-26-19(21-14)12-4-5-25-9-12/h2-7,9-10H,8H2,1H3,(H,20,22). The van der Waals surface area contributed by atoms with Crippen molar-refractivity contribution < 1.29 is 9.21 Å². The molecule has 0 aliphatic rings. The highest BCUT2D eigenvalue weighted by molar-refractivity contribution is 7.14. The summed E-state index contributed by atoms with van der Waals surface area (Å²) >= 11 is 3.14. The van der Waals surface area contributed by atoms with Gasteiger partial charge < -0.3 is 9.73 Å². The fourth-order valence-electron chi connectivity index (χ4n) is 2.68. The molecule has 0 fully saturated rings. The van der Waals surface area contributed by atoms with Gasteiger partial charge in [0.25, 0.3) is 0 Å². The Balaban J connectivity index is 1.50. The van der Waals surface area contributed by atoms with Gasteiger partial charge in [-0.2, -0.15) is 11.3 Å². The smallest absolute Gasteiger partial charge is 0.336 e. The molecule has 1 N–H and O–H groups in total. The highest BCUT2D eigenvalue weighted by Crippen LogP contribution is 2.26. The van der Waals surface area contributed by atoms with E-state index in [2.05, 4.69) is 10.3 Å². The van der Waals surface area contributed by atoms with Crippen LogP contribution in [-0.2, 0) is 11.2 Å². The predicted molar refractivity (Wildman–Crippen MR) is 105 cm³/mol. The van der Waals surface area contributed by atoms with Gasteiger partial charge in [0.2, 0.25) is 5.91 Å². The Morgan fingerprint density at radius 2 is 2.12 bits per heavy atom. The third-order valence-electron chi connectivity index (χ3n) is 3.90. The number of thiophene rings is 1. The van der Waals surface area contributed by atoms with Crippen LogP contribution in [0.2, 0.25) is 0 Å². The van der Waals surface area contributed by atoms with E-state index >= 15 is 0 Å². The molecule has 0 atom stereocenters. The van der Waals surface area contributed by atoms with E-state index in [1.54, 1.807) is 23.5 Å². The van der Waals surface area contributed by atoms with Gasteiger partial charge in [-0.05, 0) is 36.1 Å². The molecule has 1 aromatic carbocycles. The molecule has 0 saturated carbocycles. The van der Waals surface area contributed by atoms with Gasteiger partial charge in [-0.25, -0.2) is 9.78 Å². The lowest BCUT2D eigenvalue weighted by molar-refractivity contribution is -0.115. The van der Waals surface area contributed by atoms with Crippen LogP contribution in [0.1, 0.15) is 11.3 Å². The molecule has 26 heavy (non-hydrogen) atoms. The molecule has 4 aromatic rings. The van der Waals surface area contributed by atoms with Gasteiger partial charge in [0.1, 0.15) is 10.6 Å². The van der Waals surface area contributed by atoms with Gasteiger partial charge in [-0.1, -0.05) is 0 Å². The molecular weight excluding hydrogens is 368 g/mol. The van der Waals surface area contributed by atoms with Gasteiger partial charge in [0.15, 0.2) is 0 Å². The summed E-state index contributed by atoms with van der Waals surface area (Å²) in [5.74, 6) is -0.165. The summed E-state index contributed by atoms with van der Waals surface area (Å²) in [7, 11) is 0. The maximum absolute atomic E-state index is 12.3. The number of carbonyl (C=O) groups excluding carboxylic acids is 1. The van der Waals surface area contributed by atoms with E-state index in [9.17, 15) is 9.59 Å². The highest BCUT2D eigenvalue weighted by atomic mass is 32.1. The fraction of sp³-hybridized carbons (Fsp3) is 0.105. The Bertz CT molecular complexity index is 1140. The lowest BCUT2D eigenvalue weighted by Gasteiger charge is -2.06. The quantitative estimate of drug-likeness (QED) is 0.529. The molecule has 0 unspecified atom stereocenters. The topological polar surface area (TPSA) is 72.2 Å². The number of nitrogens with zero attached hydrogens (tertiary/aromatic N) is 1. The van der Waals surface area contributed by atoms with E-state index in [1.165, 1.54) is 17.4 Å². The molecule has 0 bridgehead atoms. The molecule has 0 radical (unpaired) electrons. The number of nitrogens with one attached hydrogen (secondary N) is 1. The average molecular weight is 382 g/mol. The zero-order chi connectivity index (χ0) is 18.1. The number of rotatable bonds is 4. The van der Waals surface area contributed by atoms with E-state index in [1.807, 2.05) is 35.2 Å². The summed E-state index contributed by atoms with van der Waals surface area (Å²) in [6.07, 6.45) is 0.191. The summed E-state index contributed by atoms with van der Waals surface area (Å²) in [4.78, 5) is 28.3. The first-order valence-electron chi connectivity index (χ1n) is 7.90. The molecule has 0 aliphatic heterocycles. The summed E-state index contributed by atoms with van der Waals surface area (Å²) in [5, 5.41) is 10.5. The van der Waals surface area contributed by atoms with Crippen molar-refractivity contribution in [2.75, 3.05) is 5.32 Å². The molecule has 1 amide bonds. The molecule has 7 heteroatoms. The molecule has 0 saturated heterocycles. The summed E-state index contributed by atoms with van der Waals surface area (Å²) < 4.78 is 5.21. The van der Waals surface area contributed by atoms with Gasteiger partial charge in [-0.3, -0.25) is 4.79 Å². The van der Waals surface area contributed by atoms with Crippen LogP contribution >= 0.6 is 22.7 Å². The number of benzene rings is 1. The number of aromatic nitrogens is 1. The largest absolute Gasteiger partial charge is 0.423 e. The average Bonchev–Trinajstić information content (AvgIpc) is 3.25. The van der Waals surface area contributed by atoms with Crippen LogP contribution in [0, 0.1) is 6.92 Å². The minimum atomic E-state index is -0.401. The van der Waals surface area contributed by atoms with Gasteiger partial charge in [0, 0.05) is 39.5 Å². The van der Waals surface area contributed by atoms with Crippen LogP contribution in [0.15, 0.2) is 55.7 Å². The molecule has 4 rings (SSSR count). The lowest BCUT2D eigenvalue weighted by atomic mass is 10.1. The molecule has 130 valence electrons. The van der Waals surface area contributed by atoms with Crippen molar-refractivity contribution in [1.29, 1.82) is 0 Å². The second kappa shape index (κ2) is 6.86. The van der Waals surface area contributed by atoms with Crippen molar-refractivity contribution >= 4 is 45.2 Å². The molecule has 3 aromatic heterocycles. The predicted octanol–water partition coefficient (Wildman–Crippen LogP) is 4.47. The van der Waals surface area contributed by atoms with Gasteiger partial charge in [0.05, 0.1) is 12.1 Å². The molecule has 5 nitrogen and oxygen atoms in total. The van der Waals surface area contributed by atoms with Crippen LogP contribution < -0.4 is 10.9 Å². The Hall–Kier alpha value is -2.77. The van der Waals surface area contributed by atoms with Crippen molar-refractivity contribution in [3.05, 3.63) is 68.1 Å². The summed E-state index contributed by atoms with van der Waals surface area (Å²) in [6.45, 7) is 1.85. The number of thiazole rings is 1. The van der Waals surface area contributed by atoms with Gasteiger partial charge in [-0.15, -0.1) is 11.3 Å². The number of amides is 1. The second-order valence-corrected chi connectivity index (χ2v) is 7.48. The minimum absolute atomic E-state index is 0.165. The van der Waals surface area contributed by atoms with Crippen LogP contribution in [0.3, 0.4) is 0 Å². The van der Waals surface area contributed by atoms with Crippen LogP contribution in [0.25, 0.3) is 21.5 Å². The monoisotopic (exact) mass is 382 g/mol. The van der Waals surface area contributed by atoms with E-state index in [-0.39, 0.29) is 12.3 Å².